The number of carbonyl (C=O) groups is 1. The molecule has 0 radical (unpaired) electrons. The standard InChI is InChI=1S/C22H18ClF3N6O/c23-16-11-31-21(32-12-22(25,26)17-3-1-2-5-27-17)19(24)15(16)8-18(33)29-9-13-7-14-4-6-28-20(14)30-10-13/h1-7,10-11H,8-9,12H2,(H,28,30)(H,29,33)(H,31,32)/p+3. The monoisotopic (exact) mass is 477 g/mol. The van der Waals surface area contributed by atoms with E-state index in [0.29, 0.717) is 0 Å². The first kappa shape index (κ1) is 22.5. The number of aromatic nitrogens is 4. The van der Waals surface area contributed by atoms with Gasteiger partial charge < -0.3 is 5.32 Å². The van der Waals surface area contributed by atoms with Crippen molar-refractivity contribution in [2.75, 3.05) is 11.9 Å². The third-order valence-electron chi connectivity index (χ3n) is 5.06. The number of anilines is 1. The van der Waals surface area contributed by atoms with Gasteiger partial charge in [0.1, 0.15) is 6.20 Å². The molecule has 11 heteroatoms. The Kier molecular flexibility index (Phi) is 6.45. The Labute approximate surface area is 191 Å². The highest BCUT2D eigenvalue weighted by Gasteiger charge is 2.40. The topological polar surface area (TPSA) is 99.3 Å². The molecule has 0 bridgehead atoms. The summed E-state index contributed by atoms with van der Waals surface area (Å²) in [5.41, 5.74) is 1.26. The van der Waals surface area contributed by atoms with Gasteiger partial charge in [-0.25, -0.2) is 19.9 Å². The second-order valence-electron chi connectivity index (χ2n) is 7.41. The fourth-order valence-corrected chi connectivity index (χ4v) is 3.51. The van der Waals surface area contributed by atoms with Crippen molar-refractivity contribution in [3.63, 3.8) is 0 Å². The zero-order valence-corrected chi connectivity index (χ0v) is 18.0. The lowest BCUT2D eigenvalue weighted by molar-refractivity contribution is -0.412. The van der Waals surface area contributed by atoms with E-state index in [1.165, 1.54) is 24.5 Å². The first-order chi connectivity index (χ1) is 15.8. The molecule has 0 aliphatic rings. The van der Waals surface area contributed by atoms with Crippen LogP contribution in [0.15, 0.2) is 55.1 Å². The van der Waals surface area contributed by atoms with Crippen molar-refractivity contribution in [2.24, 2.45) is 0 Å². The smallest absolute Gasteiger partial charge is 0.352 e. The summed E-state index contributed by atoms with van der Waals surface area (Å²) in [6.07, 6.45) is 5.81. The van der Waals surface area contributed by atoms with E-state index in [-0.39, 0.29) is 35.1 Å². The highest BCUT2D eigenvalue weighted by atomic mass is 35.5. The minimum absolute atomic E-state index is 0.0153. The Morgan fingerprint density at radius 1 is 1.15 bits per heavy atom. The lowest BCUT2D eigenvalue weighted by Gasteiger charge is -2.11. The van der Waals surface area contributed by atoms with Crippen LogP contribution in [0.25, 0.3) is 11.0 Å². The summed E-state index contributed by atoms with van der Waals surface area (Å²) in [5.74, 6) is -4.93. The second-order valence-corrected chi connectivity index (χ2v) is 7.82. The van der Waals surface area contributed by atoms with Gasteiger partial charge in [-0.1, -0.05) is 11.6 Å². The molecule has 33 heavy (non-hydrogen) atoms. The number of halogens is 4. The molecule has 7 nitrogen and oxygen atoms in total. The molecule has 4 aromatic rings. The molecule has 0 fully saturated rings. The van der Waals surface area contributed by atoms with Crippen molar-refractivity contribution in [3.8, 4) is 0 Å². The van der Waals surface area contributed by atoms with Crippen LogP contribution < -0.4 is 25.6 Å². The Morgan fingerprint density at radius 2 is 2.00 bits per heavy atom. The predicted octanol–water partition coefficient (Wildman–Crippen LogP) is 2.47. The van der Waals surface area contributed by atoms with Gasteiger partial charge >= 0.3 is 11.7 Å². The van der Waals surface area contributed by atoms with Gasteiger partial charge in [0, 0.05) is 29.8 Å². The lowest BCUT2D eigenvalue weighted by atomic mass is 10.1. The van der Waals surface area contributed by atoms with Gasteiger partial charge in [0.2, 0.25) is 11.7 Å². The number of carbonyl (C=O) groups excluding carboxylic acids is 1. The van der Waals surface area contributed by atoms with Crippen LogP contribution in [0.5, 0.6) is 0 Å². The summed E-state index contributed by atoms with van der Waals surface area (Å²) in [6, 6.07) is 8.08. The lowest BCUT2D eigenvalue weighted by Crippen LogP contribution is -2.33. The van der Waals surface area contributed by atoms with Crippen LogP contribution in [0.1, 0.15) is 16.8 Å². The predicted molar refractivity (Wildman–Crippen MR) is 114 cm³/mol. The third-order valence-corrected chi connectivity index (χ3v) is 5.39. The molecule has 0 saturated heterocycles. The van der Waals surface area contributed by atoms with E-state index in [9.17, 15) is 18.0 Å². The summed E-state index contributed by atoms with van der Waals surface area (Å²) in [6.45, 7) is -0.647. The highest BCUT2D eigenvalue weighted by Crippen LogP contribution is 2.26. The normalized spacial score (nSPS) is 11.5. The fourth-order valence-electron chi connectivity index (χ4n) is 3.31. The Balaban J connectivity index is 1.41. The molecule has 0 spiro atoms. The van der Waals surface area contributed by atoms with Gasteiger partial charge in [-0.3, -0.25) is 10.1 Å². The van der Waals surface area contributed by atoms with E-state index in [1.807, 2.05) is 12.1 Å². The molecular weight excluding hydrogens is 457 g/mol. The average Bonchev–Trinajstić information content (AvgIpc) is 3.28. The van der Waals surface area contributed by atoms with Crippen molar-refractivity contribution in [1.29, 1.82) is 0 Å². The number of amides is 1. The van der Waals surface area contributed by atoms with Crippen LogP contribution >= 0.6 is 11.6 Å². The molecule has 4 heterocycles. The summed E-state index contributed by atoms with van der Waals surface area (Å²) < 4.78 is 43.7. The molecule has 0 atom stereocenters. The molecule has 170 valence electrons. The van der Waals surface area contributed by atoms with Gasteiger partial charge in [-0.05, 0) is 18.2 Å². The molecule has 0 unspecified atom stereocenters. The summed E-state index contributed by atoms with van der Waals surface area (Å²) in [4.78, 5) is 23.5. The van der Waals surface area contributed by atoms with E-state index in [1.54, 1.807) is 18.5 Å². The quantitative estimate of drug-likeness (QED) is 0.363. The Morgan fingerprint density at radius 3 is 2.79 bits per heavy atom. The van der Waals surface area contributed by atoms with Gasteiger partial charge in [0.05, 0.1) is 29.2 Å². The Bertz CT molecular complexity index is 1280. The van der Waals surface area contributed by atoms with Crippen LogP contribution in [0.2, 0.25) is 5.02 Å². The fraction of sp³-hybridized carbons (Fsp3) is 0.182. The summed E-state index contributed by atoms with van der Waals surface area (Å²) >= 11 is 6.06. The first-order valence-corrected chi connectivity index (χ1v) is 10.4. The zero-order chi connectivity index (χ0) is 23.4. The highest BCUT2D eigenvalue weighted by molar-refractivity contribution is 6.31. The average molecular weight is 478 g/mol. The van der Waals surface area contributed by atoms with Crippen molar-refractivity contribution >= 4 is 34.4 Å². The number of nitrogens with one attached hydrogen (secondary N) is 6. The zero-order valence-electron chi connectivity index (χ0n) is 17.2. The van der Waals surface area contributed by atoms with E-state index in [2.05, 4.69) is 30.6 Å². The van der Waals surface area contributed by atoms with Crippen LogP contribution in [0.3, 0.4) is 0 Å². The second kappa shape index (κ2) is 9.45. The van der Waals surface area contributed by atoms with Crippen LogP contribution in [-0.4, -0.2) is 17.4 Å². The van der Waals surface area contributed by atoms with Crippen molar-refractivity contribution < 1.29 is 32.9 Å². The molecule has 6 N–H and O–H groups in total. The number of H-pyrrole nitrogens is 4. The van der Waals surface area contributed by atoms with Gasteiger partial charge in [0.15, 0.2) is 12.7 Å². The van der Waals surface area contributed by atoms with Crippen molar-refractivity contribution in [3.05, 3.63) is 82.8 Å². The molecule has 4 rings (SSSR count). The minimum atomic E-state index is -3.28. The van der Waals surface area contributed by atoms with E-state index in [0.717, 1.165) is 16.6 Å². The van der Waals surface area contributed by atoms with E-state index in [4.69, 9.17) is 11.6 Å². The van der Waals surface area contributed by atoms with Gasteiger partial charge in [-0.15, -0.1) is 0 Å². The first-order valence-electron chi connectivity index (χ1n) is 10.1. The van der Waals surface area contributed by atoms with Crippen LogP contribution in [0.4, 0.5) is 19.0 Å². The number of alkyl halides is 2. The number of fused-ring (bicyclic) bond motifs is 1. The maximum atomic E-state index is 15.0. The molecule has 1 amide bonds. The number of hydrogen-bond acceptors (Lipinski definition) is 2. The van der Waals surface area contributed by atoms with Crippen LogP contribution in [-0.2, 0) is 23.7 Å². The van der Waals surface area contributed by atoms with E-state index >= 15 is 0 Å². The number of pyridine rings is 3. The maximum absolute atomic E-state index is 15.0. The third kappa shape index (κ3) is 5.23. The summed E-state index contributed by atoms with van der Waals surface area (Å²) in [7, 11) is 0. The van der Waals surface area contributed by atoms with Gasteiger partial charge in [0.25, 0.3) is 11.3 Å². The van der Waals surface area contributed by atoms with E-state index < -0.39 is 24.2 Å². The molecule has 0 aromatic carbocycles. The van der Waals surface area contributed by atoms with Crippen LogP contribution in [0, 0.1) is 5.82 Å². The molecule has 4 aromatic heterocycles. The molecule has 0 aliphatic heterocycles. The Hall–Kier alpha value is -3.66. The minimum Gasteiger partial charge on any atom is -0.352 e. The summed E-state index contributed by atoms with van der Waals surface area (Å²) in [5, 5.41) is 6.01. The molecule has 0 saturated carbocycles. The van der Waals surface area contributed by atoms with Crippen molar-refractivity contribution in [1.82, 2.24) is 10.3 Å². The number of aromatic amines is 4. The number of hydrogen-bond donors (Lipinski definition) is 3. The van der Waals surface area contributed by atoms with Crippen molar-refractivity contribution in [2.45, 2.75) is 18.9 Å². The number of rotatable bonds is 8. The molecular formula is C22H21ClF3N6O+3. The largest absolute Gasteiger partial charge is 0.365 e. The maximum Gasteiger partial charge on any atom is 0.365 e. The van der Waals surface area contributed by atoms with Gasteiger partial charge in [-0.2, -0.15) is 13.2 Å². The molecule has 0 aliphatic carbocycles. The SMILES string of the molecule is O=C(Cc1c(Cl)c[nH+]c(NCC(F)(F)c2cccc[nH+]2)c1F)NCc1c[nH+]c2[nH]ccc2c1.